The molecule has 0 bridgehead atoms. The lowest BCUT2D eigenvalue weighted by atomic mass is 9.97. The number of aromatic nitrogens is 1. The lowest BCUT2D eigenvalue weighted by molar-refractivity contribution is -0.138. The average Bonchev–Trinajstić information content (AvgIpc) is 3.70. The molecule has 10 heteroatoms. The van der Waals surface area contributed by atoms with Gasteiger partial charge in [0.1, 0.15) is 18.5 Å². The van der Waals surface area contributed by atoms with Gasteiger partial charge in [-0.25, -0.2) is 14.2 Å². The smallest absolute Gasteiger partial charge is 0.338 e. The quantitative estimate of drug-likeness (QED) is 0.172. The zero-order chi connectivity index (χ0) is 31.3. The average molecular weight is 641 g/mol. The summed E-state index contributed by atoms with van der Waals surface area (Å²) >= 11 is 2.73. The van der Waals surface area contributed by atoms with Crippen molar-refractivity contribution in [3.8, 4) is 11.5 Å². The van der Waals surface area contributed by atoms with E-state index in [9.17, 15) is 14.0 Å². The maximum absolute atomic E-state index is 14.1. The van der Waals surface area contributed by atoms with E-state index in [1.54, 1.807) is 35.8 Å². The SMILES string of the molecule is CCOC(=O)C1=C(c2ccccc2)N=c2s/c(=C\c3ccc(OCc4ccc(F)cc4)c(OCC)c3)c(=O)n2[C@H]1c1cccs1. The largest absolute Gasteiger partial charge is 0.490 e. The Morgan fingerprint density at radius 3 is 2.47 bits per heavy atom. The molecule has 2 aromatic heterocycles. The summed E-state index contributed by atoms with van der Waals surface area (Å²) in [7, 11) is 0. The highest BCUT2D eigenvalue weighted by atomic mass is 32.1. The van der Waals surface area contributed by atoms with Gasteiger partial charge >= 0.3 is 5.97 Å². The third-order valence-electron chi connectivity index (χ3n) is 7.06. The van der Waals surface area contributed by atoms with Gasteiger partial charge in [-0.1, -0.05) is 65.9 Å². The summed E-state index contributed by atoms with van der Waals surface area (Å²) in [5.41, 5.74) is 2.87. The molecule has 1 aliphatic heterocycles. The van der Waals surface area contributed by atoms with Crippen LogP contribution in [-0.4, -0.2) is 23.8 Å². The molecule has 0 fully saturated rings. The summed E-state index contributed by atoms with van der Waals surface area (Å²) in [4.78, 5) is 33.8. The standard InChI is InChI=1S/C35H29FN2O5S2/c1-3-41-27-19-23(14-17-26(27)43-21-22-12-15-25(36)16-13-22)20-29-33(39)38-32(28-11-8-18-44-28)30(34(40)42-4-2)31(37-35(38)45-29)24-9-6-5-7-10-24/h5-20,32H,3-4,21H2,1-2H3/b29-20-/t32-/m0/s1. The van der Waals surface area contributed by atoms with E-state index in [-0.39, 0.29) is 24.6 Å². The highest BCUT2D eigenvalue weighted by Gasteiger charge is 2.35. The predicted octanol–water partition coefficient (Wildman–Crippen LogP) is 6.11. The fourth-order valence-corrected chi connectivity index (χ4v) is 6.88. The molecule has 0 saturated heterocycles. The number of fused-ring (bicyclic) bond motifs is 1. The minimum absolute atomic E-state index is 0.192. The molecule has 1 atom stereocenters. The van der Waals surface area contributed by atoms with Crippen molar-refractivity contribution in [1.29, 1.82) is 0 Å². The van der Waals surface area contributed by atoms with Gasteiger partial charge in [-0.15, -0.1) is 11.3 Å². The van der Waals surface area contributed by atoms with E-state index in [2.05, 4.69) is 0 Å². The van der Waals surface area contributed by atoms with Gasteiger partial charge in [0.2, 0.25) is 0 Å². The van der Waals surface area contributed by atoms with Crippen LogP contribution in [0, 0.1) is 5.82 Å². The maximum atomic E-state index is 14.1. The number of esters is 1. The Kier molecular flexibility index (Phi) is 9.04. The molecule has 5 aromatic rings. The van der Waals surface area contributed by atoms with Crippen LogP contribution < -0.4 is 24.4 Å². The molecule has 3 heterocycles. The molecular weight excluding hydrogens is 612 g/mol. The second-order valence-electron chi connectivity index (χ2n) is 10.0. The number of thiophene rings is 1. The number of halogens is 1. The zero-order valence-corrected chi connectivity index (χ0v) is 26.2. The molecule has 0 N–H and O–H groups in total. The van der Waals surface area contributed by atoms with Crippen molar-refractivity contribution in [1.82, 2.24) is 4.57 Å². The summed E-state index contributed by atoms with van der Waals surface area (Å²) in [6, 6.07) is 24.2. The van der Waals surface area contributed by atoms with Gasteiger partial charge in [0.15, 0.2) is 16.3 Å². The van der Waals surface area contributed by atoms with Crippen LogP contribution in [0.2, 0.25) is 0 Å². The van der Waals surface area contributed by atoms with Crippen molar-refractivity contribution in [3.63, 3.8) is 0 Å². The fourth-order valence-electron chi connectivity index (χ4n) is 5.05. The van der Waals surface area contributed by atoms with Gasteiger partial charge in [0.25, 0.3) is 5.56 Å². The van der Waals surface area contributed by atoms with Crippen molar-refractivity contribution < 1.29 is 23.4 Å². The van der Waals surface area contributed by atoms with E-state index >= 15 is 0 Å². The molecule has 6 rings (SSSR count). The van der Waals surface area contributed by atoms with Crippen LogP contribution in [0.25, 0.3) is 11.8 Å². The number of rotatable bonds is 10. The minimum atomic E-state index is -0.695. The summed E-state index contributed by atoms with van der Waals surface area (Å²) in [5, 5.41) is 1.92. The third kappa shape index (κ3) is 6.38. The molecule has 7 nitrogen and oxygen atoms in total. The lowest BCUT2D eigenvalue weighted by Gasteiger charge is -2.24. The second-order valence-corrected chi connectivity index (χ2v) is 12.0. The topological polar surface area (TPSA) is 79.1 Å². The number of hydrogen-bond donors (Lipinski definition) is 0. The molecule has 3 aromatic carbocycles. The summed E-state index contributed by atoms with van der Waals surface area (Å²) in [6.07, 6.45) is 1.79. The number of benzene rings is 3. The number of thiazole rings is 1. The molecule has 0 unspecified atom stereocenters. The zero-order valence-electron chi connectivity index (χ0n) is 24.6. The number of carbonyl (C=O) groups is 1. The maximum Gasteiger partial charge on any atom is 0.338 e. The number of hydrogen-bond acceptors (Lipinski definition) is 8. The van der Waals surface area contributed by atoms with E-state index in [1.165, 1.54) is 34.8 Å². The van der Waals surface area contributed by atoms with Crippen molar-refractivity contribution in [2.45, 2.75) is 26.5 Å². The van der Waals surface area contributed by atoms with Gasteiger partial charge in [0, 0.05) is 10.4 Å². The first kappa shape index (κ1) is 30.2. The summed E-state index contributed by atoms with van der Waals surface area (Å²) < 4.78 is 32.7. The lowest BCUT2D eigenvalue weighted by Crippen LogP contribution is -2.39. The van der Waals surface area contributed by atoms with Crippen LogP contribution in [0.1, 0.15) is 41.5 Å². The van der Waals surface area contributed by atoms with E-state index in [1.807, 2.05) is 66.9 Å². The van der Waals surface area contributed by atoms with Crippen LogP contribution in [0.4, 0.5) is 4.39 Å². The van der Waals surface area contributed by atoms with Crippen LogP contribution in [-0.2, 0) is 16.1 Å². The molecule has 0 amide bonds. The Balaban J connectivity index is 1.44. The fraction of sp³-hybridized carbons (Fsp3) is 0.171. The summed E-state index contributed by atoms with van der Waals surface area (Å²) in [6.45, 7) is 4.49. The number of carbonyl (C=O) groups excluding carboxylic acids is 1. The minimum Gasteiger partial charge on any atom is -0.490 e. The highest BCUT2D eigenvalue weighted by molar-refractivity contribution is 7.10. The van der Waals surface area contributed by atoms with Gasteiger partial charge in [0.05, 0.1) is 29.0 Å². The van der Waals surface area contributed by atoms with Crippen molar-refractivity contribution in [3.05, 3.63) is 143 Å². The first-order valence-electron chi connectivity index (χ1n) is 14.4. The van der Waals surface area contributed by atoms with E-state index < -0.39 is 12.0 Å². The van der Waals surface area contributed by atoms with Crippen LogP contribution in [0.15, 0.2) is 106 Å². The van der Waals surface area contributed by atoms with E-state index in [4.69, 9.17) is 19.2 Å². The van der Waals surface area contributed by atoms with E-state index in [0.29, 0.717) is 38.7 Å². The second kappa shape index (κ2) is 13.5. The van der Waals surface area contributed by atoms with Crippen molar-refractivity contribution in [2.24, 2.45) is 4.99 Å². The molecule has 1 aliphatic rings. The monoisotopic (exact) mass is 640 g/mol. The Labute approximate surface area is 266 Å². The van der Waals surface area contributed by atoms with Crippen molar-refractivity contribution >= 4 is 40.4 Å². The highest BCUT2D eigenvalue weighted by Crippen LogP contribution is 2.37. The van der Waals surface area contributed by atoms with Gasteiger partial charge in [-0.05, 0) is 66.8 Å². The molecule has 228 valence electrons. The van der Waals surface area contributed by atoms with Crippen molar-refractivity contribution in [2.75, 3.05) is 13.2 Å². The molecule has 0 saturated carbocycles. The molecule has 45 heavy (non-hydrogen) atoms. The van der Waals surface area contributed by atoms with Crippen LogP contribution in [0.3, 0.4) is 0 Å². The van der Waals surface area contributed by atoms with Gasteiger partial charge < -0.3 is 14.2 Å². The third-order valence-corrected chi connectivity index (χ3v) is 8.97. The predicted molar refractivity (Wildman–Crippen MR) is 174 cm³/mol. The number of nitrogens with zero attached hydrogens (tertiary/aromatic N) is 2. The first-order chi connectivity index (χ1) is 22.0. The van der Waals surface area contributed by atoms with Crippen LogP contribution in [0.5, 0.6) is 11.5 Å². The molecule has 0 radical (unpaired) electrons. The summed E-state index contributed by atoms with van der Waals surface area (Å²) in [5.74, 6) is 0.237. The number of ether oxygens (including phenoxy) is 3. The molecule has 0 spiro atoms. The normalized spacial score (nSPS) is 14.6. The first-order valence-corrected chi connectivity index (χ1v) is 16.1. The Hall–Kier alpha value is -4.80. The Morgan fingerprint density at radius 2 is 1.76 bits per heavy atom. The van der Waals surface area contributed by atoms with E-state index in [0.717, 1.165) is 21.6 Å². The molecule has 0 aliphatic carbocycles. The molecular formula is C35H29FN2O5S2. The van der Waals surface area contributed by atoms with Gasteiger partial charge in [-0.2, -0.15) is 0 Å². The van der Waals surface area contributed by atoms with Gasteiger partial charge in [-0.3, -0.25) is 9.36 Å². The Bertz CT molecular complexity index is 2030. The Morgan fingerprint density at radius 1 is 0.956 bits per heavy atom. The van der Waals surface area contributed by atoms with Crippen LogP contribution >= 0.6 is 22.7 Å².